The number of likely N-dealkylation sites (N-methyl/N-ethyl adjacent to an activating group) is 1. The van der Waals surface area contributed by atoms with E-state index in [4.69, 9.17) is 0 Å². The van der Waals surface area contributed by atoms with E-state index in [1.807, 2.05) is 37.5 Å². The fourth-order valence-electron chi connectivity index (χ4n) is 5.07. The normalized spacial score (nSPS) is 18.1. The van der Waals surface area contributed by atoms with Crippen molar-refractivity contribution >= 4 is 34.1 Å². The van der Waals surface area contributed by atoms with Crippen molar-refractivity contribution in [1.82, 2.24) is 19.7 Å². The van der Waals surface area contributed by atoms with Gasteiger partial charge in [0.15, 0.2) is 16.8 Å². The summed E-state index contributed by atoms with van der Waals surface area (Å²) in [5.74, 6) is 1.30. The number of allylic oxidation sites excluding steroid dienone is 2. The summed E-state index contributed by atoms with van der Waals surface area (Å²) in [7, 11) is 2.04. The monoisotopic (exact) mass is 469 g/mol. The number of thioether (sulfide) groups is 1. The van der Waals surface area contributed by atoms with Crippen molar-refractivity contribution in [3.8, 4) is 11.4 Å². The van der Waals surface area contributed by atoms with Crippen LogP contribution in [-0.4, -0.2) is 38.3 Å². The molecular formula is C27H27N5OS. The lowest BCUT2D eigenvalue weighted by Crippen LogP contribution is -2.24. The van der Waals surface area contributed by atoms with Gasteiger partial charge in [-0.15, -0.1) is 10.2 Å². The van der Waals surface area contributed by atoms with Crippen LogP contribution in [0.5, 0.6) is 0 Å². The minimum Gasteiger partial charge on any atom is -0.360 e. The zero-order valence-electron chi connectivity index (χ0n) is 19.6. The predicted octanol–water partition coefficient (Wildman–Crippen LogP) is 5.73. The van der Waals surface area contributed by atoms with Gasteiger partial charge < -0.3 is 9.88 Å². The Labute approximate surface area is 203 Å². The minimum absolute atomic E-state index is 0.0896. The van der Waals surface area contributed by atoms with Gasteiger partial charge in [-0.25, -0.2) is 0 Å². The van der Waals surface area contributed by atoms with Crippen LogP contribution in [0.25, 0.3) is 22.3 Å². The Morgan fingerprint density at radius 2 is 1.91 bits per heavy atom. The maximum atomic E-state index is 13.1. The van der Waals surface area contributed by atoms with Gasteiger partial charge in [-0.1, -0.05) is 62.0 Å². The molecule has 0 amide bonds. The third kappa shape index (κ3) is 3.38. The van der Waals surface area contributed by atoms with Gasteiger partial charge in [0.1, 0.15) is 0 Å². The molecule has 1 aliphatic carbocycles. The highest BCUT2D eigenvalue weighted by Gasteiger charge is 2.38. The second kappa shape index (κ2) is 7.87. The van der Waals surface area contributed by atoms with Gasteiger partial charge >= 0.3 is 0 Å². The first-order valence-corrected chi connectivity index (χ1v) is 12.7. The zero-order chi connectivity index (χ0) is 23.4. The molecule has 0 radical (unpaired) electrons. The number of para-hydroxylation sites is 2. The number of anilines is 1. The molecule has 3 heterocycles. The number of carbonyl (C=O) groups excluding carboxylic acids is 1. The van der Waals surface area contributed by atoms with E-state index in [2.05, 4.69) is 68.8 Å². The molecule has 1 aliphatic heterocycles. The van der Waals surface area contributed by atoms with Crippen molar-refractivity contribution < 1.29 is 4.79 Å². The lowest BCUT2D eigenvalue weighted by Gasteiger charge is -2.23. The Bertz CT molecular complexity index is 1440. The molecule has 0 atom stereocenters. The molecule has 1 fully saturated rings. The molecule has 34 heavy (non-hydrogen) atoms. The van der Waals surface area contributed by atoms with Crippen molar-refractivity contribution in [2.24, 2.45) is 0 Å². The van der Waals surface area contributed by atoms with Gasteiger partial charge in [0.25, 0.3) is 0 Å². The van der Waals surface area contributed by atoms with Gasteiger partial charge in [-0.3, -0.25) is 9.36 Å². The summed E-state index contributed by atoms with van der Waals surface area (Å²) in [6.07, 6.45) is 6.06. The van der Waals surface area contributed by atoms with Crippen molar-refractivity contribution in [3.63, 3.8) is 0 Å². The van der Waals surface area contributed by atoms with Crippen LogP contribution in [0.1, 0.15) is 38.3 Å². The number of nitrogens with one attached hydrogen (secondary N) is 1. The zero-order valence-corrected chi connectivity index (χ0v) is 20.4. The minimum atomic E-state index is -0.206. The molecule has 1 N–H and O–H groups in total. The topological polar surface area (TPSA) is 66.8 Å². The molecule has 0 bridgehead atoms. The summed E-state index contributed by atoms with van der Waals surface area (Å²) in [5.41, 5.74) is 5.38. The van der Waals surface area contributed by atoms with Crippen molar-refractivity contribution in [2.45, 2.75) is 43.3 Å². The molecule has 7 heteroatoms. The fraction of sp³-hybridized carbons (Fsp3) is 0.296. The third-order valence-electron chi connectivity index (χ3n) is 6.99. The number of hydrogen-bond acceptors (Lipinski definition) is 5. The van der Waals surface area contributed by atoms with Crippen LogP contribution in [0, 0.1) is 0 Å². The molecule has 1 saturated carbocycles. The highest BCUT2D eigenvalue weighted by molar-refractivity contribution is 7.99. The first kappa shape index (κ1) is 21.2. The summed E-state index contributed by atoms with van der Waals surface area (Å²) in [6.45, 7) is 4.36. The number of aromatic amines is 1. The molecule has 2 aliphatic rings. The second-order valence-corrected chi connectivity index (χ2v) is 10.6. The van der Waals surface area contributed by atoms with Gasteiger partial charge in [0.2, 0.25) is 0 Å². The summed E-state index contributed by atoms with van der Waals surface area (Å²) in [6, 6.07) is 17.0. The number of benzene rings is 2. The summed E-state index contributed by atoms with van der Waals surface area (Å²) >= 11 is 1.48. The Morgan fingerprint density at radius 3 is 2.71 bits per heavy atom. The number of hydrogen-bond donors (Lipinski definition) is 1. The average molecular weight is 470 g/mol. The smallest absolute Gasteiger partial charge is 0.192 e. The van der Waals surface area contributed by atoms with Crippen molar-refractivity contribution in [2.75, 3.05) is 17.7 Å². The van der Waals surface area contributed by atoms with Crippen LogP contribution in [0.4, 0.5) is 5.69 Å². The van der Waals surface area contributed by atoms with E-state index in [1.165, 1.54) is 17.3 Å². The van der Waals surface area contributed by atoms with E-state index in [0.29, 0.717) is 11.8 Å². The Balaban J connectivity index is 1.26. The quantitative estimate of drug-likeness (QED) is 0.288. The van der Waals surface area contributed by atoms with Crippen LogP contribution >= 0.6 is 11.8 Å². The van der Waals surface area contributed by atoms with E-state index < -0.39 is 0 Å². The number of ketones is 1. The van der Waals surface area contributed by atoms with E-state index in [1.54, 1.807) is 0 Å². The predicted molar refractivity (Wildman–Crippen MR) is 137 cm³/mol. The van der Waals surface area contributed by atoms with E-state index in [0.717, 1.165) is 51.7 Å². The molecule has 2 aromatic carbocycles. The number of nitrogens with zero attached hydrogens (tertiary/aromatic N) is 4. The molecule has 0 saturated heterocycles. The van der Waals surface area contributed by atoms with E-state index in [9.17, 15) is 4.79 Å². The molecule has 6 rings (SSSR count). The second-order valence-electron chi connectivity index (χ2n) is 9.64. The van der Waals surface area contributed by atoms with E-state index in [-0.39, 0.29) is 11.2 Å². The van der Waals surface area contributed by atoms with Gasteiger partial charge in [-0.05, 0) is 30.5 Å². The number of rotatable bonds is 6. The molecule has 0 unspecified atom stereocenters. The maximum absolute atomic E-state index is 13.1. The maximum Gasteiger partial charge on any atom is 0.192 e. The third-order valence-corrected chi connectivity index (χ3v) is 7.95. The molecular weight excluding hydrogens is 442 g/mol. The largest absolute Gasteiger partial charge is 0.360 e. The number of carbonyl (C=O) groups is 1. The molecule has 4 aromatic rings. The Kier molecular flexibility index (Phi) is 4.92. The van der Waals surface area contributed by atoms with Crippen LogP contribution in [0.2, 0.25) is 0 Å². The number of aromatic nitrogens is 4. The summed E-state index contributed by atoms with van der Waals surface area (Å²) in [4.78, 5) is 18.6. The number of H-pyrrole nitrogens is 1. The standard InChI is InChI=1S/C27H27N5OS/c1-27(2)21-9-5-7-11-23(21)31(3)24(27)14-18(33)16-34-26-30-29-25(32(26)17-12-13-17)20-15-28-22-10-6-4-8-19(20)22/h4-11,14-15,17,28H,12-13,16H2,1-3H3/b24-14-. The fourth-order valence-corrected chi connectivity index (χ4v) is 5.89. The summed E-state index contributed by atoms with van der Waals surface area (Å²) < 4.78 is 2.22. The molecule has 6 nitrogen and oxygen atoms in total. The molecule has 2 aromatic heterocycles. The van der Waals surface area contributed by atoms with Crippen LogP contribution in [-0.2, 0) is 10.2 Å². The Hall–Kier alpha value is -3.32. The first-order valence-electron chi connectivity index (χ1n) is 11.7. The summed E-state index contributed by atoms with van der Waals surface area (Å²) in [5, 5.41) is 11.0. The van der Waals surface area contributed by atoms with Crippen molar-refractivity contribution in [1.29, 1.82) is 0 Å². The lowest BCUT2D eigenvalue weighted by molar-refractivity contribution is -0.112. The lowest BCUT2D eigenvalue weighted by atomic mass is 9.83. The first-order chi connectivity index (χ1) is 16.4. The molecule has 0 spiro atoms. The van der Waals surface area contributed by atoms with E-state index >= 15 is 0 Å². The average Bonchev–Trinajstić information content (AvgIpc) is 3.40. The van der Waals surface area contributed by atoms with Crippen LogP contribution in [0.15, 0.2) is 71.7 Å². The Morgan fingerprint density at radius 1 is 1.15 bits per heavy atom. The highest BCUT2D eigenvalue weighted by atomic mass is 32.2. The van der Waals surface area contributed by atoms with Gasteiger partial charge in [0.05, 0.1) is 5.75 Å². The van der Waals surface area contributed by atoms with Crippen LogP contribution in [0.3, 0.4) is 0 Å². The molecule has 172 valence electrons. The number of fused-ring (bicyclic) bond motifs is 2. The van der Waals surface area contributed by atoms with Gasteiger partial charge in [0, 0.05) is 58.6 Å². The van der Waals surface area contributed by atoms with Crippen LogP contribution < -0.4 is 4.90 Å². The van der Waals surface area contributed by atoms with Crippen molar-refractivity contribution in [3.05, 3.63) is 72.1 Å². The highest BCUT2D eigenvalue weighted by Crippen LogP contribution is 2.47. The van der Waals surface area contributed by atoms with Gasteiger partial charge in [-0.2, -0.15) is 0 Å². The SMILES string of the molecule is CN1/C(=C\C(=O)CSc2nnc(-c3c[nH]c4ccccc34)n2C2CC2)C(C)(C)c2ccccc21.